The zero-order valence-electron chi connectivity index (χ0n) is 18.9. The Labute approximate surface area is 200 Å². The van der Waals surface area contributed by atoms with Gasteiger partial charge in [0.1, 0.15) is 12.2 Å². The lowest BCUT2D eigenvalue weighted by Gasteiger charge is -1.88. The van der Waals surface area contributed by atoms with Crippen LogP contribution in [0.15, 0.2) is 121 Å². The maximum atomic E-state index is 11.2. The summed E-state index contributed by atoms with van der Waals surface area (Å²) in [6, 6.07) is 20.1. The van der Waals surface area contributed by atoms with Gasteiger partial charge in [0, 0.05) is 0 Å². The van der Waals surface area contributed by atoms with Crippen molar-refractivity contribution in [2.45, 2.75) is 12.2 Å². The lowest BCUT2D eigenvalue weighted by Crippen LogP contribution is -2.00. The van der Waals surface area contributed by atoms with Gasteiger partial charge in [-0.05, 0) is 23.3 Å². The summed E-state index contributed by atoms with van der Waals surface area (Å²) in [6.45, 7) is 1.14. The molecule has 0 saturated carbocycles. The van der Waals surface area contributed by atoms with Crippen molar-refractivity contribution in [3.8, 4) is 0 Å². The van der Waals surface area contributed by atoms with Crippen LogP contribution >= 0.6 is 0 Å². The van der Waals surface area contributed by atoms with Crippen molar-refractivity contribution in [2.75, 3.05) is 13.2 Å². The summed E-state index contributed by atoms with van der Waals surface area (Å²) in [5.41, 5.74) is 2.31. The molecule has 0 spiro atoms. The first-order valence-electron chi connectivity index (χ1n) is 11.2. The summed E-state index contributed by atoms with van der Waals surface area (Å²) in [5, 5.41) is 0. The fraction of sp³-hybridized carbons (Fsp3) is 0.133. The molecule has 2 fully saturated rings. The van der Waals surface area contributed by atoms with E-state index in [1.165, 1.54) is 0 Å². The first-order valence-corrected chi connectivity index (χ1v) is 11.2. The molecule has 4 heteroatoms. The number of ether oxygens (including phenoxy) is 2. The molecule has 2 aliphatic heterocycles. The Balaban J connectivity index is 0.000000191. The Morgan fingerprint density at radius 1 is 0.559 bits per heavy atom. The van der Waals surface area contributed by atoms with Gasteiger partial charge in [0.15, 0.2) is 11.6 Å². The van der Waals surface area contributed by atoms with E-state index in [0.29, 0.717) is 13.2 Å². The first-order chi connectivity index (χ1) is 16.7. The Hall–Kier alpha value is -3.86. The van der Waals surface area contributed by atoms with E-state index in [-0.39, 0.29) is 23.8 Å². The van der Waals surface area contributed by atoms with Crippen molar-refractivity contribution < 1.29 is 19.1 Å². The molecule has 4 nitrogen and oxygen atoms in total. The number of epoxide rings is 2. The second-order valence-corrected chi connectivity index (χ2v) is 7.48. The SMILES string of the molecule is O=C(/C=C/C=C/C=C/c1ccccc1)C1CO1.O=C(/C=C/C=C/C=C/c1ccccc1)C1CO1. The normalized spacial score (nSPS) is 19.4. The highest BCUT2D eigenvalue weighted by Gasteiger charge is 2.29. The van der Waals surface area contributed by atoms with Gasteiger partial charge >= 0.3 is 0 Å². The molecule has 2 saturated heterocycles. The van der Waals surface area contributed by atoms with Crippen molar-refractivity contribution >= 4 is 23.7 Å². The van der Waals surface area contributed by atoms with Gasteiger partial charge in [0.2, 0.25) is 0 Å². The molecule has 0 amide bonds. The number of hydrogen-bond acceptors (Lipinski definition) is 4. The van der Waals surface area contributed by atoms with Crippen molar-refractivity contribution in [3.05, 3.63) is 133 Å². The van der Waals surface area contributed by atoms with Gasteiger partial charge in [-0.25, -0.2) is 0 Å². The minimum Gasteiger partial charge on any atom is -0.364 e. The summed E-state index contributed by atoms with van der Waals surface area (Å²) < 4.78 is 9.73. The fourth-order valence-electron chi connectivity index (χ4n) is 2.66. The molecule has 0 bridgehead atoms. The summed E-state index contributed by atoms with van der Waals surface area (Å²) in [6.07, 6.45) is 21.6. The Morgan fingerprint density at radius 2 is 0.912 bits per heavy atom. The standard InChI is InChI=1S/2C15H14O2/c2*16-14(15-12-17-15)11-7-2-1-4-8-13-9-5-3-6-10-13/h2*1-11,15H,12H2/b2*2-1+,8-4+,11-7+. The third kappa shape index (κ3) is 10.6. The van der Waals surface area contributed by atoms with Crippen molar-refractivity contribution in [2.24, 2.45) is 0 Å². The van der Waals surface area contributed by atoms with E-state index in [2.05, 4.69) is 0 Å². The molecule has 0 aromatic heterocycles. The molecule has 34 heavy (non-hydrogen) atoms. The fourth-order valence-corrected chi connectivity index (χ4v) is 2.66. The van der Waals surface area contributed by atoms with Gasteiger partial charge in [0.25, 0.3) is 0 Å². The second kappa shape index (κ2) is 14.3. The van der Waals surface area contributed by atoms with E-state index >= 15 is 0 Å². The van der Waals surface area contributed by atoms with Crippen LogP contribution < -0.4 is 0 Å². The lowest BCUT2D eigenvalue weighted by molar-refractivity contribution is -0.116. The summed E-state index contributed by atoms with van der Waals surface area (Å²) in [7, 11) is 0. The lowest BCUT2D eigenvalue weighted by atomic mass is 10.2. The zero-order valence-corrected chi connectivity index (χ0v) is 18.9. The zero-order chi connectivity index (χ0) is 23.8. The molecule has 4 rings (SSSR count). The van der Waals surface area contributed by atoms with E-state index in [1.807, 2.05) is 109 Å². The summed E-state index contributed by atoms with van der Waals surface area (Å²) >= 11 is 0. The highest BCUT2D eigenvalue weighted by Crippen LogP contribution is 2.11. The van der Waals surface area contributed by atoms with E-state index < -0.39 is 0 Å². The molecule has 2 atom stereocenters. The van der Waals surface area contributed by atoms with Crippen LogP contribution in [0.4, 0.5) is 0 Å². The maximum Gasteiger partial charge on any atom is 0.186 e. The van der Waals surface area contributed by atoms with E-state index in [0.717, 1.165) is 11.1 Å². The Kier molecular flexibility index (Phi) is 10.4. The molecule has 0 aliphatic carbocycles. The van der Waals surface area contributed by atoms with Crippen LogP contribution in [0.3, 0.4) is 0 Å². The number of carbonyl (C=O) groups excluding carboxylic acids is 2. The first kappa shape index (κ1) is 24.8. The molecule has 2 heterocycles. The molecule has 0 N–H and O–H groups in total. The average molecular weight is 453 g/mol. The largest absolute Gasteiger partial charge is 0.364 e. The minimum absolute atomic E-state index is 0.0432. The van der Waals surface area contributed by atoms with Crippen LogP contribution in [0.25, 0.3) is 12.2 Å². The Morgan fingerprint density at radius 3 is 1.26 bits per heavy atom. The molecule has 0 radical (unpaired) electrons. The summed E-state index contributed by atoms with van der Waals surface area (Å²) in [4.78, 5) is 22.4. The Bertz CT molecular complexity index is 992. The van der Waals surface area contributed by atoms with E-state index in [9.17, 15) is 9.59 Å². The van der Waals surface area contributed by atoms with Gasteiger partial charge in [-0.15, -0.1) is 0 Å². The van der Waals surface area contributed by atoms with Gasteiger partial charge in [0.05, 0.1) is 13.2 Å². The number of ketones is 2. The third-order valence-electron chi connectivity index (χ3n) is 4.67. The molecule has 2 aromatic rings. The van der Waals surface area contributed by atoms with Gasteiger partial charge in [-0.3, -0.25) is 9.59 Å². The quantitative estimate of drug-likeness (QED) is 0.269. The van der Waals surface area contributed by atoms with Crippen LogP contribution in [0.1, 0.15) is 11.1 Å². The summed E-state index contributed by atoms with van der Waals surface area (Å²) in [5.74, 6) is 0.0865. The molecular formula is C30H28O4. The number of rotatable bonds is 10. The van der Waals surface area contributed by atoms with E-state index in [4.69, 9.17) is 9.47 Å². The van der Waals surface area contributed by atoms with Gasteiger partial charge in [-0.1, -0.05) is 121 Å². The highest BCUT2D eigenvalue weighted by atomic mass is 16.6. The van der Waals surface area contributed by atoms with Crippen molar-refractivity contribution in [3.63, 3.8) is 0 Å². The van der Waals surface area contributed by atoms with Crippen LogP contribution in [0.2, 0.25) is 0 Å². The smallest absolute Gasteiger partial charge is 0.186 e. The van der Waals surface area contributed by atoms with E-state index in [1.54, 1.807) is 24.3 Å². The third-order valence-corrected chi connectivity index (χ3v) is 4.67. The highest BCUT2D eigenvalue weighted by molar-refractivity contribution is 5.95. The van der Waals surface area contributed by atoms with Crippen molar-refractivity contribution in [1.82, 2.24) is 0 Å². The van der Waals surface area contributed by atoms with Crippen LogP contribution in [-0.2, 0) is 19.1 Å². The predicted octanol–water partition coefficient (Wildman–Crippen LogP) is 5.56. The van der Waals surface area contributed by atoms with Gasteiger partial charge in [-0.2, -0.15) is 0 Å². The number of benzene rings is 2. The maximum absolute atomic E-state index is 11.2. The number of allylic oxidation sites excluding steroid dienone is 8. The number of carbonyl (C=O) groups is 2. The topological polar surface area (TPSA) is 59.2 Å². The monoisotopic (exact) mass is 452 g/mol. The minimum atomic E-state index is -0.181. The molecule has 2 unspecified atom stereocenters. The predicted molar refractivity (Wildman–Crippen MR) is 137 cm³/mol. The molecule has 172 valence electrons. The molecular weight excluding hydrogens is 424 g/mol. The molecule has 2 aromatic carbocycles. The van der Waals surface area contributed by atoms with Crippen molar-refractivity contribution in [1.29, 1.82) is 0 Å². The van der Waals surface area contributed by atoms with Crippen LogP contribution in [0, 0.1) is 0 Å². The molecule has 2 aliphatic rings. The van der Waals surface area contributed by atoms with Gasteiger partial charge < -0.3 is 9.47 Å². The number of hydrogen-bond donors (Lipinski definition) is 0. The average Bonchev–Trinajstić information content (AvgIpc) is 3.78. The van der Waals surface area contributed by atoms with Crippen LogP contribution in [-0.4, -0.2) is 37.0 Å². The van der Waals surface area contributed by atoms with Crippen LogP contribution in [0.5, 0.6) is 0 Å². The second-order valence-electron chi connectivity index (χ2n) is 7.48.